The Balaban J connectivity index is 0.970. The minimum absolute atomic E-state index is 0.105. The van der Waals surface area contributed by atoms with Crippen LogP contribution in [0, 0.1) is 0 Å². The van der Waals surface area contributed by atoms with Crippen molar-refractivity contribution < 1.29 is 0 Å². The van der Waals surface area contributed by atoms with Crippen LogP contribution < -0.4 is 4.90 Å². The summed E-state index contributed by atoms with van der Waals surface area (Å²) in [4.78, 5) is 2.42. The zero-order valence-electron chi connectivity index (χ0n) is 36.8. The fourth-order valence-electron chi connectivity index (χ4n) is 12.4. The molecule has 1 unspecified atom stereocenters. The average Bonchev–Trinajstić information content (AvgIpc) is 4.04. The van der Waals surface area contributed by atoms with Crippen molar-refractivity contribution in [3.05, 3.63) is 264 Å². The summed E-state index contributed by atoms with van der Waals surface area (Å²) in [5.74, 6) is 0. The third-order valence-electron chi connectivity index (χ3n) is 15.2. The maximum absolute atomic E-state index is 2.51. The molecule has 14 rings (SSSR count). The van der Waals surface area contributed by atoms with E-state index < -0.39 is 5.41 Å². The summed E-state index contributed by atoms with van der Waals surface area (Å²) < 4.78 is 2.45. The zero-order valence-corrected chi connectivity index (χ0v) is 36.8. The van der Waals surface area contributed by atoms with Crippen molar-refractivity contribution in [1.29, 1.82) is 0 Å². The largest absolute Gasteiger partial charge is 0.310 e. The van der Waals surface area contributed by atoms with Gasteiger partial charge in [0.2, 0.25) is 0 Å². The van der Waals surface area contributed by atoms with Crippen molar-refractivity contribution >= 4 is 38.9 Å². The van der Waals surface area contributed by atoms with Gasteiger partial charge in [0.25, 0.3) is 0 Å². The highest BCUT2D eigenvalue weighted by Gasteiger charge is 2.52. The summed E-state index contributed by atoms with van der Waals surface area (Å²) in [7, 11) is 0. The summed E-state index contributed by atoms with van der Waals surface area (Å²) in [5.41, 5.74) is 24.8. The number of fused-ring (bicyclic) bond motifs is 17. The van der Waals surface area contributed by atoms with E-state index in [1.807, 2.05) is 0 Å². The monoisotopic (exact) mass is 840 g/mol. The van der Waals surface area contributed by atoms with Gasteiger partial charge in [0.1, 0.15) is 0 Å². The Bertz CT molecular complexity index is 3800. The van der Waals surface area contributed by atoms with Gasteiger partial charge >= 0.3 is 0 Å². The smallest absolute Gasteiger partial charge is 0.0726 e. The van der Waals surface area contributed by atoms with Crippen LogP contribution in [0.3, 0.4) is 0 Å². The molecule has 2 nitrogen and oxygen atoms in total. The highest BCUT2D eigenvalue weighted by molar-refractivity contribution is 6.19. The molecule has 66 heavy (non-hydrogen) atoms. The van der Waals surface area contributed by atoms with Crippen LogP contribution in [0.1, 0.15) is 47.2 Å². The first kappa shape index (κ1) is 37.2. The first-order chi connectivity index (χ1) is 32.5. The van der Waals surface area contributed by atoms with Gasteiger partial charge in [-0.1, -0.05) is 178 Å². The van der Waals surface area contributed by atoms with Gasteiger partial charge in [0, 0.05) is 38.9 Å². The molecule has 3 aliphatic rings. The van der Waals surface area contributed by atoms with E-state index in [1.54, 1.807) is 0 Å². The first-order valence-corrected chi connectivity index (χ1v) is 23.2. The SMILES string of the molecule is CC1(C)c2ccccc2-c2ccc(N(c3ccccc3)c3cccc(-c4ccc5c(c4)C4(c6ccccc6-5)c5ccccc5-c5c4ccc4c5c5ccccc5n4-c4ccccc4)c3)cc21. The van der Waals surface area contributed by atoms with E-state index in [4.69, 9.17) is 0 Å². The fraction of sp³-hybridized carbons (Fsp3) is 0.0625. The van der Waals surface area contributed by atoms with Crippen LogP contribution in [0.2, 0.25) is 0 Å². The molecular formula is C64H44N2. The molecule has 0 bridgehead atoms. The summed E-state index contributed by atoms with van der Waals surface area (Å²) in [6, 6.07) is 86.1. The summed E-state index contributed by atoms with van der Waals surface area (Å²) in [6.07, 6.45) is 0. The molecule has 0 saturated heterocycles. The molecule has 1 heterocycles. The van der Waals surface area contributed by atoms with E-state index in [9.17, 15) is 0 Å². The van der Waals surface area contributed by atoms with Crippen molar-refractivity contribution in [2.24, 2.45) is 0 Å². The van der Waals surface area contributed by atoms with Crippen molar-refractivity contribution in [3.8, 4) is 50.2 Å². The molecule has 0 saturated carbocycles. The second kappa shape index (κ2) is 13.7. The van der Waals surface area contributed by atoms with Crippen molar-refractivity contribution in [3.63, 3.8) is 0 Å². The number of anilines is 3. The van der Waals surface area contributed by atoms with Gasteiger partial charge in [0.05, 0.1) is 16.4 Å². The second-order valence-electron chi connectivity index (χ2n) is 18.8. The van der Waals surface area contributed by atoms with Crippen LogP contribution in [0.4, 0.5) is 17.1 Å². The Kier molecular flexibility index (Phi) is 7.70. The number of aromatic nitrogens is 1. The van der Waals surface area contributed by atoms with Crippen LogP contribution in [0.25, 0.3) is 72.0 Å². The van der Waals surface area contributed by atoms with Gasteiger partial charge in [-0.3, -0.25) is 0 Å². The third-order valence-corrected chi connectivity index (χ3v) is 15.2. The lowest BCUT2D eigenvalue weighted by atomic mass is 9.70. The molecule has 3 aliphatic carbocycles. The molecule has 0 N–H and O–H groups in total. The van der Waals surface area contributed by atoms with Crippen molar-refractivity contribution in [2.75, 3.05) is 4.90 Å². The summed E-state index contributed by atoms with van der Waals surface area (Å²) in [6.45, 7) is 4.72. The molecule has 10 aromatic carbocycles. The highest BCUT2D eigenvalue weighted by atomic mass is 15.1. The van der Waals surface area contributed by atoms with E-state index in [2.05, 4.69) is 254 Å². The summed E-state index contributed by atoms with van der Waals surface area (Å²) in [5, 5.41) is 2.59. The third kappa shape index (κ3) is 4.91. The number of hydrogen-bond donors (Lipinski definition) is 0. The molecular weight excluding hydrogens is 797 g/mol. The lowest BCUT2D eigenvalue weighted by Gasteiger charge is -2.31. The minimum Gasteiger partial charge on any atom is -0.310 e. The maximum Gasteiger partial charge on any atom is 0.0726 e. The minimum atomic E-state index is -0.500. The number of rotatable bonds is 5. The fourth-order valence-corrected chi connectivity index (χ4v) is 12.4. The topological polar surface area (TPSA) is 8.17 Å². The van der Waals surface area contributed by atoms with Gasteiger partial charge < -0.3 is 9.47 Å². The van der Waals surface area contributed by atoms with Gasteiger partial charge in [-0.15, -0.1) is 0 Å². The van der Waals surface area contributed by atoms with Crippen molar-refractivity contribution in [1.82, 2.24) is 4.57 Å². The van der Waals surface area contributed by atoms with E-state index in [0.717, 1.165) is 17.1 Å². The normalized spacial score (nSPS) is 15.6. The lowest BCUT2D eigenvalue weighted by Crippen LogP contribution is -2.25. The van der Waals surface area contributed by atoms with E-state index in [-0.39, 0.29) is 5.41 Å². The first-order valence-electron chi connectivity index (χ1n) is 23.2. The Hall–Kier alpha value is -8.20. The molecule has 1 spiro atoms. The molecule has 1 aromatic heterocycles. The lowest BCUT2D eigenvalue weighted by molar-refractivity contribution is 0.660. The molecule has 2 heteroatoms. The van der Waals surface area contributed by atoms with Crippen LogP contribution >= 0.6 is 0 Å². The Morgan fingerprint density at radius 1 is 0.348 bits per heavy atom. The average molecular weight is 841 g/mol. The van der Waals surface area contributed by atoms with Crippen LogP contribution in [-0.2, 0) is 10.8 Å². The molecule has 0 aliphatic heterocycles. The molecule has 1 atom stereocenters. The van der Waals surface area contributed by atoms with Gasteiger partial charge in [-0.2, -0.15) is 0 Å². The van der Waals surface area contributed by atoms with Gasteiger partial charge in [-0.05, 0) is 145 Å². The molecule has 310 valence electrons. The number of benzene rings is 10. The van der Waals surface area contributed by atoms with Gasteiger partial charge in [0.15, 0.2) is 0 Å². The number of nitrogens with zero attached hydrogens (tertiary/aromatic N) is 2. The number of hydrogen-bond acceptors (Lipinski definition) is 1. The maximum atomic E-state index is 2.51. The van der Waals surface area contributed by atoms with E-state index >= 15 is 0 Å². The van der Waals surface area contributed by atoms with Crippen molar-refractivity contribution in [2.45, 2.75) is 24.7 Å². The number of para-hydroxylation sites is 3. The molecule has 0 fully saturated rings. The zero-order chi connectivity index (χ0) is 43.7. The Morgan fingerprint density at radius 3 is 1.73 bits per heavy atom. The van der Waals surface area contributed by atoms with E-state index in [0.29, 0.717) is 0 Å². The predicted molar refractivity (Wildman–Crippen MR) is 275 cm³/mol. The predicted octanol–water partition coefficient (Wildman–Crippen LogP) is 16.6. The van der Waals surface area contributed by atoms with Crippen LogP contribution in [0.15, 0.2) is 231 Å². The Morgan fingerprint density at radius 2 is 0.924 bits per heavy atom. The van der Waals surface area contributed by atoms with Gasteiger partial charge in [-0.25, -0.2) is 0 Å². The van der Waals surface area contributed by atoms with Crippen LogP contribution in [0.5, 0.6) is 0 Å². The highest BCUT2D eigenvalue weighted by Crippen LogP contribution is 2.65. The molecule has 0 radical (unpaired) electrons. The molecule has 0 amide bonds. The summed E-state index contributed by atoms with van der Waals surface area (Å²) >= 11 is 0. The standard InChI is InChI=1S/C64H44N2/c1-63(2)53-28-13-9-24-47(53)49-35-33-46(40-57(49)63)65(43-19-5-3-6-20-43)45-23-17-18-41(38-45)42-32-34-50-48-25-10-14-29-54(48)64(58(50)39-42)55-30-15-11-26-51(55)61-56(64)36-37-60-62(61)52-27-12-16-31-59(52)66(60)44-21-7-4-8-22-44/h3-40H,1-2H3. The second-order valence-corrected chi connectivity index (χ2v) is 18.8. The Labute approximate surface area is 385 Å². The van der Waals surface area contributed by atoms with Crippen LogP contribution in [-0.4, -0.2) is 4.57 Å². The quantitative estimate of drug-likeness (QED) is 0.168. The van der Waals surface area contributed by atoms with E-state index in [1.165, 1.54) is 105 Å². The molecule has 11 aromatic rings.